The van der Waals surface area contributed by atoms with Crippen LogP contribution in [0.1, 0.15) is 0 Å². The van der Waals surface area contributed by atoms with Crippen molar-refractivity contribution in [3.63, 3.8) is 0 Å². The van der Waals surface area contributed by atoms with Crippen LogP contribution in [0.15, 0.2) is 36.7 Å². The van der Waals surface area contributed by atoms with E-state index < -0.39 is 0 Å². The highest BCUT2D eigenvalue weighted by molar-refractivity contribution is 14.1. The van der Waals surface area contributed by atoms with E-state index in [0.717, 1.165) is 11.3 Å². The average Bonchev–Trinajstić information content (AvgIpc) is 3.01. The first-order chi connectivity index (χ1) is 9.28. The molecule has 0 aliphatic rings. The van der Waals surface area contributed by atoms with E-state index in [1.165, 1.54) is 30.6 Å². The van der Waals surface area contributed by atoms with Crippen LogP contribution in [0.5, 0.6) is 5.75 Å². The van der Waals surface area contributed by atoms with E-state index in [2.05, 4.69) is 63.2 Å². The van der Waals surface area contributed by atoms with Gasteiger partial charge in [-0.15, -0.1) is 0 Å². The minimum absolute atomic E-state index is 0.885. The van der Waals surface area contributed by atoms with Gasteiger partial charge in [-0.25, -0.2) is 0 Å². The van der Waals surface area contributed by atoms with Gasteiger partial charge in [0.2, 0.25) is 0 Å². The monoisotopic (exact) mass is 362 g/mol. The van der Waals surface area contributed by atoms with Gasteiger partial charge < -0.3 is 14.7 Å². The lowest BCUT2D eigenvalue weighted by Crippen LogP contribution is -1.81. The van der Waals surface area contributed by atoms with Crippen molar-refractivity contribution in [2.75, 3.05) is 7.11 Å². The number of aromatic amines is 2. The number of rotatable bonds is 1. The molecule has 4 aromatic rings. The summed E-state index contributed by atoms with van der Waals surface area (Å²) in [6.07, 6.45) is 4.11. The first-order valence-electron chi connectivity index (χ1n) is 6.02. The summed E-state index contributed by atoms with van der Waals surface area (Å²) in [6, 6.07) is 8.34. The molecule has 2 aromatic heterocycles. The van der Waals surface area contributed by atoms with Crippen LogP contribution in [0.25, 0.3) is 32.6 Å². The number of halogens is 1. The number of hydrogen-bond acceptors (Lipinski definition) is 1. The topological polar surface area (TPSA) is 40.8 Å². The quantitative estimate of drug-likeness (QED) is 0.484. The molecule has 19 heavy (non-hydrogen) atoms. The number of nitrogens with one attached hydrogen (secondary N) is 2. The van der Waals surface area contributed by atoms with Crippen molar-refractivity contribution in [3.05, 3.63) is 40.2 Å². The molecular formula is C15H11IN2O. The Morgan fingerprint density at radius 1 is 1.00 bits per heavy atom. The fourth-order valence-corrected chi connectivity index (χ4v) is 3.45. The summed E-state index contributed by atoms with van der Waals surface area (Å²) >= 11 is 2.38. The van der Waals surface area contributed by atoms with Gasteiger partial charge in [-0.1, -0.05) is 0 Å². The zero-order chi connectivity index (χ0) is 13.0. The Labute approximate surface area is 123 Å². The van der Waals surface area contributed by atoms with Crippen molar-refractivity contribution in [2.24, 2.45) is 0 Å². The molecule has 0 saturated heterocycles. The van der Waals surface area contributed by atoms with Crippen LogP contribution in [0, 0.1) is 3.57 Å². The average molecular weight is 362 g/mol. The molecule has 0 radical (unpaired) electrons. The van der Waals surface area contributed by atoms with Gasteiger partial charge in [-0.3, -0.25) is 0 Å². The number of ether oxygens (including phenoxy) is 1. The first-order valence-corrected chi connectivity index (χ1v) is 7.10. The highest BCUT2D eigenvalue weighted by Gasteiger charge is 2.11. The largest absolute Gasteiger partial charge is 0.497 e. The lowest BCUT2D eigenvalue weighted by molar-refractivity contribution is 0.415. The van der Waals surface area contributed by atoms with Gasteiger partial charge >= 0.3 is 0 Å². The standard InChI is InChI=1S/C15H11IN2O/c1-19-8-2-3-13-9(4-8)15-11-7-17-6-10(11)12(16)5-14(15)18-13/h2-7,17-18H,1H3. The van der Waals surface area contributed by atoms with Crippen molar-refractivity contribution >= 4 is 55.2 Å². The molecule has 0 unspecified atom stereocenters. The molecule has 0 aliphatic heterocycles. The molecule has 3 nitrogen and oxygen atoms in total. The number of methoxy groups -OCH3 is 1. The predicted octanol–water partition coefficient (Wildman–Crippen LogP) is 4.42. The first kappa shape index (κ1) is 11.2. The Hall–Kier alpha value is -1.69. The second-order valence-corrected chi connectivity index (χ2v) is 5.76. The highest BCUT2D eigenvalue weighted by atomic mass is 127. The van der Waals surface area contributed by atoms with Crippen LogP contribution in [0.4, 0.5) is 0 Å². The molecule has 0 bridgehead atoms. The molecule has 0 amide bonds. The van der Waals surface area contributed by atoms with E-state index >= 15 is 0 Å². The van der Waals surface area contributed by atoms with E-state index in [4.69, 9.17) is 4.74 Å². The third-order valence-electron chi connectivity index (χ3n) is 3.58. The molecular weight excluding hydrogens is 351 g/mol. The normalized spacial score (nSPS) is 11.7. The van der Waals surface area contributed by atoms with Crippen molar-refractivity contribution in [2.45, 2.75) is 0 Å². The van der Waals surface area contributed by atoms with Gasteiger partial charge in [0.15, 0.2) is 0 Å². The number of H-pyrrole nitrogens is 2. The van der Waals surface area contributed by atoms with Crippen molar-refractivity contribution in [1.29, 1.82) is 0 Å². The number of hydrogen-bond donors (Lipinski definition) is 2. The summed E-state index contributed by atoms with van der Waals surface area (Å²) in [5, 5.41) is 4.97. The van der Waals surface area contributed by atoms with Gasteiger partial charge in [0.1, 0.15) is 5.75 Å². The molecule has 4 rings (SSSR count). The summed E-state index contributed by atoms with van der Waals surface area (Å²) in [7, 11) is 1.70. The zero-order valence-electron chi connectivity index (χ0n) is 10.3. The lowest BCUT2D eigenvalue weighted by Gasteiger charge is -2.00. The highest BCUT2D eigenvalue weighted by Crippen LogP contribution is 2.36. The van der Waals surface area contributed by atoms with E-state index in [1.807, 2.05) is 6.07 Å². The van der Waals surface area contributed by atoms with Crippen LogP contribution in [-0.4, -0.2) is 17.1 Å². The molecule has 4 heteroatoms. The van der Waals surface area contributed by atoms with E-state index in [0.29, 0.717) is 0 Å². The number of benzene rings is 2. The molecule has 0 fully saturated rings. The number of aromatic nitrogens is 2. The Balaban J connectivity index is 2.28. The Morgan fingerprint density at radius 2 is 1.84 bits per heavy atom. The second kappa shape index (κ2) is 3.90. The fraction of sp³-hybridized carbons (Fsp3) is 0.0667. The molecule has 0 spiro atoms. The maximum atomic E-state index is 5.33. The maximum absolute atomic E-state index is 5.33. The summed E-state index contributed by atoms with van der Waals surface area (Å²) in [5.41, 5.74) is 2.31. The molecule has 2 N–H and O–H groups in total. The molecule has 0 atom stereocenters. The van der Waals surface area contributed by atoms with Crippen molar-refractivity contribution < 1.29 is 4.74 Å². The van der Waals surface area contributed by atoms with Crippen LogP contribution in [0.2, 0.25) is 0 Å². The predicted molar refractivity (Wildman–Crippen MR) is 86.9 cm³/mol. The SMILES string of the molecule is COc1ccc2[nH]c3cc(I)c4c[nH]cc4c3c2c1. The Bertz CT molecular complexity index is 920. The van der Waals surface area contributed by atoms with Crippen molar-refractivity contribution in [3.8, 4) is 5.75 Å². The third kappa shape index (κ3) is 1.49. The maximum Gasteiger partial charge on any atom is 0.119 e. The molecule has 0 saturated carbocycles. The van der Waals surface area contributed by atoms with Crippen LogP contribution < -0.4 is 4.74 Å². The number of fused-ring (bicyclic) bond motifs is 5. The zero-order valence-corrected chi connectivity index (χ0v) is 12.4. The Morgan fingerprint density at radius 3 is 2.68 bits per heavy atom. The second-order valence-electron chi connectivity index (χ2n) is 4.60. The van der Waals surface area contributed by atoms with Crippen LogP contribution >= 0.6 is 22.6 Å². The summed E-state index contributed by atoms with van der Waals surface area (Å²) < 4.78 is 6.58. The minimum atomic E-state index is 0.885. The summed E-state index contributed by atoms with van der Waals surface area (Å²) in [4.78, 5) is 6.68. The van der Waals surface area contributed by atoms with Gasteiger partial charge in [-0.2, -0.15) is 0 Å². The van der Waals surface area contributed by atoms with E-state index in [-0.39, 0.29) is 0 Å². The molecule has 94 valence electrons. The van der Waals surface area contributed by atoms with Gasteiger partial charge in [0, 0.05) is 48.5 Å². The smallest absolute Gasteiger partial charge is 0.119 e. The van der Waals surface area contributed by atoms with Crippen molar-refractivity contribution in [1.82, 2.24) is 9.97 Å². The van der Waals surface area contributed by atoms with Gasteiger partial charge in [0.25, 0.3) is 0 Å². The molecule has 2 heterocycles. The third-order valence-corrected chi connectivity index (χ3v) is 4.47. The van der Waals surface area contributed by atoms with E-state index in [9.17, 15) is 0 Å². The summed E-state index contributed by atoms with van der Waals surface area (Å²) in [6.45, 7) is 0. The summed E-state index contributed by atoms with van der Waals surface area (Å²) in [5.74, 6) is 0.885. The fourth-order valence-electron chi connectivity index (χ4n) is 2.69. The van der Waals surface area contributed by atoms with Gasteiger partial charge in [-0.05, 0) is 46.9 Å². The van der Waals surface area contributed by atoms with Crippen LogP contribution in [0.3, 0.4) is 0 Å². The Kier molecular flexibility index (Phi) is 2.29. The van der Waals surface area contributed by atoms with Gasteiger partial charge in [0.05, 0.1) is 7.11 Å². The van der Waals surface area contributed by atoms with Crippen LogP contribution in [-0.2, 0) is 0 Å². The molecule has 2 aromatic carbocycles. The lowest BCUT2D eigenvalue weighted by atomic mass is 10.1. The van der Waals surface area contributed by atoms with E-state index in [1.54, 1.807) is 7.11 Å². The minimum Gasteiger partial charge on any atom is -0.497 e. The molecule has 0 aliphatic carbocycles.